The molecule has 1 fully saturated rings. The van der Waals surface area contributed by atoms with E-state index in [2.05, 4.69) is 0 Å². The molecule has 0 spiro atoms. The molecule has 2 aliphatic heterocycles. The zero-order chi connectivity index (χ0) is 27.5. The van der Waals surface area contributed by atoms with Gasteiger partial charge in [0.15, 0.2) is 12.4 Å². The molecule has 10 nitrogen and oxygen atoms in total. The quantitative estimate of drug-likeness (QED) is 0.361. The molecule has 5 atom stereocenters. The largest absolute Gasteiger partial charge is 0.459 e. The third kappa shape index (κ3) is 5.05. The fourth-order valence-electron chi connectivity index (χ4n) is 4.70. The fraction of sp³-hybridized carbons (Fsp3) is 0.241. The predicted octanol–water partition coefficient (Wildman–Crippen LogP) is 2.47. The second-order valence-corrected chi connectivity index (χ2v) is 8.99. The summed E-state index contributed by atoms with van der Waals surface area (Å²) >= 11 is 0. The number of methoxy groups -OCH3 is 1. The summed E-state index contributed by atoms with van der Waals surface area (Å²) < 4.78 is 22.5. The smallest absolute Gasteiger partial charge is 0.338 e. The summed E-state index contributed by atoms with van der Waals surface area (Å²) in [6.45, 7) is -0.414. The number of rotatable bonds is 7. The van der Waals surface area contributed by atoms with Crippen molar-refractivity contribution in [2.75, 3.05) is 13.7 Å². The maximum atomic E-state index is 13.3. The van der Waals surface area contributed by atoms with Crippen LogP contribution in [0.2, 0.25) is 0 Å². The number of carbonyl (C=O) groups excluding carboxylic acids is 4. The molecule has 1 N–H and O–H groups in total. The Morgan fingerprint density at radius 3 is 1.87 bits per heavy atom. The highest BCUT2D eigenvalue weighted by Crippen LogP contribution is 2.34. The minimum Gasteiger partial charge on any atom is -0.459 e. The second-order valence-electron chi connectivity index (χ2n) is 8.99. The molecule has 3 unspecified atom stereocenters. The molecule has 2 aliphatic rings. The minimum atomic E-state index is -1.60. The normalized spacial score (nSPS) is 24.3. The highest BCUT2D eigenvalue weighted by Gasteiger charge is 2.55. The van der Waals surface area contributed by atoms with Crippen LogP contribution in [0.25, 0.3) is 0 Å². The standard InChI is InChI=1S/C29H25NO9/c1-36-29-22(30-25(32)19-14-8-9-15-20(19)26(30)33)24(39-28(35)18-12-6-3-7-13-18)23(31)21(38-29)16-37-27(34)17-10-4-2-5-11-17/h2-15,21-24,29,31H,16H2,1H3/t21?,22-,23?,24+,29?/m0/s1. The summed E-state index contributed by atoms with van der Waals surface area (Å²) in [6, 6.07) is 21.2. The van der Waals surface area contributed by atoms with E-state index in [0.717, 1.165) is 4.90 Å². The van der Waals surface area contributed by atoms with Gasteiger partial charge in [-0.25, -0.2) is 9.59 Å². The Hall–Kier alpha value is -4.38. The second kappa shape index (κ2) is 11.2. The SMILES string of the molecule is COC1OC(COC(=O)c2ccccc2)C(O)[C@H](OC(=O)c2ccccc2)[C@@H]1N1C(=O)c2ccccc2C1=O. The van der Waals surface area contributed by atoms with E-state index in [9.17, 15) is 24.3 Å². The Labute approximate surface area is 223 Å². The van der Waals surface area contributed by atoms with Crippen LogP contribution in [-0.4, -0.2) is 78.1 Å². The van der Waals surface area contributed by atoms with Crippen molar-refractivity contribution in [3.8, 4) is 0 Å². The van der Waals surface area contributed by atoms with Gasteiger partial charge in [-0.15, -0.1) is 0 Å². The number of aliphatic hydroxyl groups excluding tert-OH is 1. The van der Waals surface area contributed by atoms with Gasteiger partial charge in [-0.3, -0.25) is 14.5 Å². The van der Waals surface area contributed by atoms with Crippen LogP contribution in [0.15, 0.2) is 84.9 Å². The minimum absolute atomic E-state index is 0.166. The van der Waals surface area contributed by atoms with Crippen LogP contribution in [0.1, 0.15) is 41.4 Å². The number of hydrogen-bond acceptors (Lipinski definition) is 9. The van der Waals surface area contributed by atoms with Gasteiger partial charge >= 0.3 is 11.9 Å². The van der Waals surface area contributed by atoms with Gasteiger partial charge in [0.2, 0.25) is 0 Å². The molecule has 10 heteroatoms. The number of aliphatic hydroxyl groups is 1. The molecule has 39 heavy (non-hydrogen) atoms. The first-order valence-electron chi connectivity index (χ1n) is 12.2. The molecule has 200 valence electrons. The molecule has 0 radical (unpaired) electrons. The van der Waals surface area contributed by atoms with E-state index in [0.29, 0.717) is 5.56 Å². The van der Waals surface area contributed by atoms with Gasteiger partial charge in [0.05, 0.1) is 22.3 Å². The molecular formula is C29H25NO9. The van der Waals surface area contributed by atoms with E-state index in [-0.39, 0.29) is 16.7 Å². The lowest BCUT2D eigenvalue weighted by Gasteiger charge is -2.45. The lowest BCUT2D eigenvalue weighted by Crippen LogP contribution is -2.66. The summed E-state index contributed by atoms with van der Waals surface area (Å²) in [6.07, 6.45) is -5.59. The third-order valence-electron chi connectivity index (χ3n) is 6.64. The number of esters is 2. The van der Waals surface area contributed by atoms with Gasteiger partial charge in [0.1, 0.15) is 24.9 Å². The first-order chi connectivity index (χ1) is 18.9. The van der Waals surface area contributed by atoms with Crippen LogP contribution in [0, 0.1) is 0 Å². The molecule has 3 aromatic rings. The molecule has 2 heterocycles. The van der Waals surface area contributed by atoms with E-state index < -0.39 is 61.0 Å². The third-order valence-corrected chi connectivity index (χ3v) is 6.64. The average Bonchev–Trinajstić information content (AvgIpc) is 3.23. The summed E-state index contributed by atoms with van der Waals surface area (Å²) in [5.41, 5.74) is 0.818. The summed E-state index contributed by atoms with van der Waals surface area (Å²) in [7, 11) is 1.29. The lowest BCUT2D eigenvalue weighted by molar-refractivity contribution is -0.271. The van der Waals surface area contributed by atoms with E-state index in [4.69, 9.17) is 18.9 Å². The Morgan fingerprint density at radius 1 is 0.821 bits per heavy atom. The van der Waals surface area contributed by atoms with Crippen LogP contribution < -0.4 is 0 Å². The van der Waals surface area contributed by atoms with Crippen LogP contribution in [0.3, 0.4) is 0 Å². The summed E-state index contributed by atoms with van der Waals surface area (Å²) in [4.78, 5) is 53.1. The first kappa shape index (κ1) is 26.2. The van der Waals surface area contributed by atoms with Crippen molar-refractivity contribution in [3.05, 3.63) is 107 Å². The van der Waals surface area contributed by atoms with E-state index in [1.807, 2.05) is 0 Å². The Balaban J connectivity index is 1.45. The van der Waals surface area contributed by atoms with Gasteiger partial charge in [-0.1, -0.05) is 48.5 Å². The van der Waals surface area contributed by atoms with Crippen molar-refractivity contribution in [2.24, 2.45) is 0 Å². The number of carbonyl (C=O) groups is 4. The van der Waals surface area contributed by atoms with Gasteiger partial charge in [0.25, 0.3) is 11.8 Å². The van der Waals surface area contributed by atoms with E-state index in [1.54, 1.807) is 60.7 Å². The summed E-state index contributed by atoms with van der Waals surface area (Å²) in [5, 5.41) is 11.3. The van der Waals surface area contributed by atoms with Crippen molar-refractivity contribution >= 4 is 23.8 Å². The molecule has 0 saturated carbocycles. The number of nitrogens with zero attached hydrogens (tertiary/aromatic N) is 1. The number of fused-ring (bicyclic) bond motifs is 1. The molecule has 0 bridgehead atoms. The molecule has 1 saturated heterocycles. The lowest BCUT2D eigenvalue weighted by atomic mass is 9.95. The highest BCUT2D eigenvalue weighted by molar-refractivity contribution is 6.21. The number of amides is 2. The highest BCUT2D eigenvalue weighted by atomic mass is 16.7. The topological polar surface area (TPSA) is 129 Å². The van der Waals surface area contributed by atoms with Crippen LogP contribution in [-0.2, 0) is 18.9 Å². The molecule has 0 aliphatic carbocycles. The van der Waals surface area contributed by atoms with E-state index >= 15 is 0 Å². The van der Waals surface area contributed by atoms with Crippen LogP contribution in [0.4, 0.5) is 0 Å². The number of hydrogen-bond donors (Lipinski definition) is 1. The number of benzene rings is 3. The van der Waals surface area contributed by atoms with Gasteiger partial charge < -0.3 is 24.1 Å². The first-order valence-corrected chi connectivity index (χ1v) is 12.2. The van der Waals surface area contributed by atoms with E-state index in [1.165, 1.54) is 31.4 Å². The average molecular weight is 532 g/mol. The van der Waals surface area contributed by atoms with Crippen LogP contribution >= 0.6 is 0 Å². The molecule has 0 aromatic heterocycles. The van der Waals surface area contributed by atoms with Crippen molar-refractivity contribution in [2.45, 2.75) is 30.6 Å². The zero-order valence-corrected chi connectivity index (χ0v) is 20.8. The monoisotopic (exact) mass is 531 g/mol. The van der Waals surface area contributed by atoms with Crippen molar-refractivity contribution < 1.29 is 43.2 Å². The molecule has 2 amide bonds. The summed E-state index contributed by atoms with van der Waals surface area (Å²) in [5.74, 6) is -2.74. The van der Waals surface area contributed by atoms with Crippen molar-refractivity contribution in [3.63, 3.8) is 0 Å². The van der Waals surface area contributed by atoms with Gasteiger partial charge in [-0.05, 0) is 36.4 Å². The van der Waals surface area contributed by atoms with Crippen molar-refractivity contribution in [1.82, 2.24) is 4.90 Å². The van der Waals surface area contributed by atoms with Gasteiger partial charge in [-0.2, -0.15) is 0 Å². The molecular weight excluding hydrogens is 506 g/mol. The Kier molecular flexibility index (Phi) is 7.51. The fourth-order valence-corrected chi connectivity index (χ4v) is 4.70. The van der Waals surface area contributed by atoms with Crippen molar-refractivity contribution in [1.29, 1.82) is 0 Å². The number of ether oxygens (including phenoxy) is 4. The predicted molar refractivity (Wildman–Crippen MR) is 135 cm³/mol. The Morgan fingerprint density at radius 2 is 1.33 bits per heavy atom. The maximum Gasteiger partial charge on any atom is 0.338 e. The van der Waals surface area contributed by atoms with Crippen LogP contribution in [0.5, 0.6) is 0 Å². The number of imide groups is 1. The maximum absolute atomic E-state index is 13.3. The Bertz CT molecular complexity index is 1340. The molecule has 5 rings (SSSR count). The van der Waals surface area contributed by atoms with Gasteiger partial charge in [0, 0.05) is 7.11 Å². The molecule has 3 aromatic carbocycles. The zero-order valence-electron chi connectivity index (χ0n) is 20.8.